The van der Waals surface area contributed by atoms with Gasteiger partial charge in [-0.2, -0.15) is 0 Å². The minimum absolute atomic E-state index is 0. The van der Waals surface area contributed by atoms with Gasteiger partial charge in [0.2, 0.25) is 0 Å². The molecule has 2 fully saturated rings. The maximum atomic E-state index is 5.64. The third-order valence-electron chi connectivity index (χ3n) is 4.76. The highest BCUT2D eigenvalue weighted by atomic mass is 127. The van der Waals surface area contributed by atoms with Crippen molar-refractivity contribution >= 4 is 51.6 Å². The van der Waals surface area contributed by atoms with E-state index in [1.807, 2.05) is 7.05 Å². The Labute approximate surface area is 176 Å². The molecule has 0 spiro atoms. The van der Waals surface area contributed by atoms with Crippen LogP contribution in [0.25, 0.3) is 0 Å². The number of halogens is 2. The third kappa shape index (κ3) is 6.29. The first-order chi connectivity index (χ1) is 11.7. The molecule has 1 aromatic rings. The molecule has 2 saturated heterocycles. The summed E-state index contributed by atoms with van der Waals surface area (Å²) in [5.74, 6) is 1.52. The third-order valence-corrected chi connectivity index (χ3v) is 5.26. The standard InChI is InChI=1S/C18H27BrN4O.HI/c1-20-18(22-12-17-6-3-9-24-17)21-11-14-7-8-23(13-14)16-5-2-4-15(19)10-16;/h2,4-5,10,14,17H,3,6-9,11-13H2,1H3,(H2,20,21,22);1H. The van der Waals surface area contributed by atoms with E-state index in [0.29, 0.717) is 12.0 Å². The van der Waals surface area contributed by atoms with E-state index in [4.69, 9.17) is 4.74 Å². The zero-order chi connectivity index (χ0) is 16.8. The zero-order valence-electron chi connectivity index (χ0n) is 14.7. The fraction of sp³-hybridized carbons (Fsp3) is 0.611. The first-order valence-electron chi connectivity index (χ1n) is 8.81. The first kappa shape index (κ1) is 20.8. The maximum absolute atomic E-state index is 5.64. The molecule has 0 amide bonds. The molecule has 5 nitrogen and oxygen atoms in total. The minimum atomic E-state index is 0. The van der Waals surface area contributed by atoms with Gasteiger partial charge >= 0.3 is 0 Å². The van der Waals surface area contributed by atoms with Crippen LogP contribution in [0.15, 0.2) is 33.7 Å². The molecule has 2 unspecified atom stereocenters. The molecule has 25 heavy (non-hydrogen) atoms. The number of guanidine groups is 1. The molecule has 0 aliphatic carbocycles. The van der Waals surface area contributed by atoms with Crippen LogP contribution in [0, 0.1) is 5.92 Å². The zero-order valence-corrected chi connectivity index (χ0v) is 18.6. The van der Waals surface area contributed by atoms with Crippen molar-refractivity contribution in [3.63, 3.8) is 0 Å². The second-order valence-corrected chi connectivity index (χ2v) is 7.47. The Bertz CT molecular complexity index is 566. The summed E-state index contributed by atoms with van der Waals surface area (Å²) in [6.07, 6.45) is 3.87. The number of ether oxygens (including phenoxy) is 1. The van der Waals surface area contributed by atoms with E-state index in [1.54, 1.807) is 0 Å². The molecule has 1 aromatic carbocycles. The van der Waals surface area contributed by atoms with Crippen molar-refractivity contribution in [2.75, 3.05) is 44.7 Å². The normalized spacial score (nSPS) is 23.4. The van der Waals surface area contributed by atoms with Crippen LogP contribution < -0.4 is 15.5 Å². The van der Waals surface area contributed by atoms with Crippen LogP contribution in [-0.2, 0) is 4.74 Å². The van der Waals surface area contributed by atoms with E-state index >= 15 is 0 Å². The number of hydrogen-bond acceptors (Lipinski definition) is 3. The van der Waals surface area contributed by atoms with Gasteiger partial charge in [-0.15, -0.1) is 24.0 Å². The number of nitrogens with one attached hydrogen (secondary N) is 2. The number of nitrogens with zero attached hydrogens (tertiary/aromatic N) is 2. The van der Waals surface area contributed by atoms with Gasteiger partial charge < -0.3 is 20.3 Å². The van der Waals surface area contributed by atoms with Crippen LogP contribution in [0.5, 0.6) is 0 Å². The Kier molecular flexibility index (Phi) is 8.78. The SMILES string of the molecule is CN=C(NCC1CCN(c2cccc(Br)c2)C1)NCC1CCCO1.I. The van der Waals surface area contributed by atoms with Gasteiger partial charge in [-0.1, -0.05) is 22.0 Å². The topological polar surface area (TPSA) is 48.9 Å². The predicted molar refractivity (Wildman–Crippen MR) is 118 cm³/mol. The minimum Gasteiger partial charge on any atom is -0.376 e. The molecular formula is C18H28BrIN4O. The predicted octanol–water partition coefficient (Wildman–Crippen LogP) is 3.24. The number of rotatable bonds is 5. The molecule has 0 saturated carbocycles. The number of anilines is 1. The fourth-order valence-electron chi connectivity index (χ4n) is 3.38. The van der Waals surface area contributed by atoms with Crippen molar-refractivity contribution in [1.82, 2.24) is 10.6 Å². The van der Waals surface area contributed by atoms with Crippen molar-refractivity contribution in [1.29, 1.82) is 0 Å². The van der Waals surface area contributed by atoms with E-state index in [0.717, 1.165) is 49.6 Å². The summed E-state index contributed by atoms with van der Waals surface area (Å²) in [6.45, 7) is 4.90. The molecule has 7 heteroatoms. The van der Waals surface area contributed by atoms with Crippen LogP contribution in [0.2, 0.25) is 0 Å². The molecule has 2 heterocycles. The summed E-state index contributed by atoms with van der Waals surface area (Å²) in [7, 11) is 1.83. The van der Waals surface area contributed by atoms with Gasteiger partial charge in [0.25, 0.3) is 0 Å². The quantitative estimate of drug-likeness (QED) is 0.354. The Morgan fingerprint density at radius 1 is 1.32 bits per heavy atom. The van der Waals surface area contributed by atoms with Crippen LogP contribution >= 0.6 is 39.9 Å². The van der Waals surface area contributed by atoms with Crippen molar-refractivity contribution in [2.24, 2.45) is 10.9 Å². The van der Waals surface area contributed by atoms with Crippen molar-refractivity contribution in [2.45, 2.75) is 25.4 Å². The van der Waals surface area contributed by atoms with Crippen LogP contribution in [0.3, 0.4) is 0 Å². The van der Waals surface area contributed by atoms with E-state index in [9.17, 15) is 0 Å². The van der Waals surface area contributed by atoms with Crippen LogP contribution in [-0.4, -0.2) is 51.9 Å². The summed E-state index contributed by atoms with van der Waals surface area (Å²) < 4.78 is 6.78. The lowest BCUT2D eigenvalue weighted by Crippen LogP contribution is -2.43. The second kappa shape index (κ2) is 10.6. The number of benzene rings is 1. The monoisotopic (exact) mass is 522 g/mol. The van der Waals surface area contributed by atoms with Crippen LogP contribution in [0.4, 0.5) is 5.69 Å². The summed E-state index contributed by atoms with van der Waals surface area (Å²) in [6, 6.07) is 8.55. The van der Waals surface area contributed by atoms with Crippen molar-refractivity contribution in [3.8, 4) is 0 Å². The highest BCUT2D eigenvalue weighted by Gasteiger charge is 2.23. The van der Waals surface area contributed by atoms with E-state index in [1.165, 1.54) is 18.5 Å². The maximum Gasteiger partial charge on any atom is 0.191 e. The molecule has 2 atom stereocenters. The van der Waals surface area contributed by atoms with Crippen LogP contribution in [0.1, 0.15) is 19.3 Å². The van der Waals surface area contributed by atoms with Crippen molar-refractivity contribution < 1.29 is 4.74 Å². The highest BCUT2D eigenvalue weighted by molar-refractivity contribution is 14.0. The molecule has 140 valence electrons. The van der Waals surface area contributed by atoms with Gasteiger partial charge in [0, 0.05) is 50.0 Å². The molecule has 2 N–H and O–H groups in total. The molecule has 0 aromatic heterocycles. The highest BCUT2D eigenvalue weighted by Crippen LogP contribution is 2.25. The van der Waals surface area contributed by atoms with Crippen molar-refractivity contribution in [3.05, 3.63) is 28.7 Å². The fourth-order valence-corrected chi connectivity index (χ4v) is 3.77. The molecule has 0 radical (unpaired) electrons. The number of hydrogen-bond donors (Lipinski definition) is 2. The molecule has 3 rings (SSSR count). The van der Waals surface area contributed by atoms with E-state index < -0.39 is 0 Å². The largest absolute Gasteiger partial charge is 0.376 e. The lowest BCUT2D eigenvalue weighted by Gasteiger charge is -2.20. The van der Waals surface area contributed by atoms with Gasteiger partial charge in [0.1, 0.15) is 0 Å². The molecule has 0 bridgehead atoms. The Morgan fingerprint density at radius 2 is 2.16 bits per heavy atom. The number of aliphatic imine (C=N–C) groups is 1. The average molecular weight is 523 g/mol. The Hall–Kier alpha value is -0.540. The molecule has 2 aliphatic rings. The summed E-state index contributed by atoms with van der Waals surface area (Å²) >= 11 is 3.56. The lowest BCUT2D eigenvalue weighted by molar-refractivity contribution is 0.114. The summed E-state index contributed by atoms with van der Waals surface area (Å²) in [4.78, 5) is 6.78. The average Bonchev–Trinajstić information content (AvgIpc) is 3.27. The Morgan fingerprint density at radius 3 is 2.88 bits per heavy atom. The summed E-state index contributed by atoms with van der Waals surface area (Å²) in [5, 5.41) is 6.85. The second-order valence-electron chi connectivity index (χ2n) is 6.55. The molecular weight excluding hydrogens is 495 g/mol. The van der Waals surface area contributed by atoms with Gasteiger partial charge in [-0.25, -0.2) is 0 Å². The molecule has 2 aliphatic heterocycles. The Balaban J connectivity index is 0.00000225. The van der Waals surface area contributed by atoms with Gasteiger partial charge in [0.15, 0.2) is 5.96 Å². The summed E-state index contributed by atoms with van der Waals surface area (Å²) in [5.41, 5.74) is 1.30. The van der Waals surface area contributed by atoms with Gasteiger partial charge in [0.05, 0.1) is 6.10 Å². The first-order valence-corrected chi connectivity index (χ1v) is 9.60. The van der Waals surface area contributed by atoms with E-state index in [2.05, 4.69) is 60.7 Å². The van der Waals surface area contributed by atoms with Gasteiger partial charge in [-0.3, -0.25) is 4.99 Å². The van der Waals surface area contributed by atoms with E-state index in [-0.39, 0.29) is 24.0 Å². The van der Waals surface area contributed by atoms with Gasteiger partial charge in [-0.05, 0) is 43.4 Å². The lowest BCUT2D eigenvalue weighted by atomic mass is 10.1. The smallest absolute Gasteiger partial charge is 0.191 e.